The summed E-state index contributed by atoms with van der Waals surface area (Å²) in [6.07, 6.45) is 3.06. The Morgan fingerprint density at radius 2 is 2.04 bits per heavy atom. The molecule has 25 heavy (non-hydrogen) atoms. The fraction of sp³-hybridized carbons (Fsp3) is 0.0588. The summed E-state index contributed by atoms with van der Waals surface area (Å²) in [6.45, 7) is 0.157. The molecular weight excluding hydrogens is 356 g/mol. The molecule has 6 nitrogen and oxygen atoms in total. The van der Waals surface area contributed by atoms with Crippen LogP contribution in [0, 0.1) is 0 Å². The van der Waals surface area contributed by atoms with Crippen LogP contribution in [0.1, 0.15) is 16.1 Å². The molecule has 0 aliphatic heterocycles. The first-order valence-corrected chi connectivity index (χ1v) is 9.21. The molecule has 8 heteroatoms. The maximum absolute atomic E-state index is 12.2. The summed E-state index contributed by atoms with van der Waals surface area (Å²) >= 11 is 3.17. The Balaban J connectivity index is 1.39. The first kappa shape index (κ1) is 15.7. The first-order valence-electron chi connectivity index (χ1n) is 7.39. The van der Waals surface area contributed by atoms with Crippen molar-refractivity contribution < 1.29 is 9.53 Å². The molecule has 0 spiro atoms. The molecule has 124 valence electrons. The molecule has 4 rings (SSSR count). The fourth-order valence-electron chi connectivity index (χ4n) is 2.21. The Hall–Kier alpha value is -2.84. The lowest BCUT2D eigenvalue weighted by Crippen LogP contribution is -2.06. The number of carbonyl (C=O) groups excluding carboxylic acids is 1. The predicted octanol–water partition coefficient (Wildman–Crippen LogP) is 3.81. The highest BCUT2D eigenvalue weighted by Crippen LogP contribution is 2.26. The Morgan fingerprint density at radius 3 is 2.76 bits per heavy atom. The molecular formula is C17H12N4O2S2. The normalized spacial score (nSPS) is 10.7. The predicted molar refractivity (Wildman–Crippen MR) is 95.9 cm³/mol. The van der Waals surface area contributed by atoms with Crippen molar-refractivity contribution in [1.29, 1.82) is 0 Å². The minimum atomic E-state index is -0.379. The quantitative estimate of drug-likeness (QED) is 0.501. The SMILES string of the molecule is O=C(OCc1csc(-c2ccsc2)n1)c1ccc(-n2cncn2)cc1. The van der Waals surface area contributed by atoms with Crippen LogP contribution in [0.3, 0.4) is 0 Å². The molecule has 0 fully saturated rings. The topological polar surface area (TPSA) is 69.9 Å². The largest absolute Gasteiger partial charge is 0.456 e. The summed E-state index contributed by atoms with van der Waals surface area (Å²) in [6, 6.07) is 9.02. The Bertz CT molecular complexity index is 961. The summed E-state index contributed by atoms with van der Waals surface area (Å²) in [5, 5.41) is 10.9. The molecule has 0 amide bonds. The lowest BCUT2D eigenvalue weighted by atomic mass is 10.2. The second-order valence-electron chi connectivity index (χ2n) is 5.12. The standard InChI is InChI=1S/C17H12N4O2S2/c22-17(12-1-3-15(4-2-12)21-11-18-10-19-21)23-7-14-9-25-16(20-14)13-5-6-24-8-13/h1-6,8-11H,7H2. The third kappa shape index (κ3) is 3.49. The number of hydrogen-bond acceptors (Lipinski definition) is 7. The van der Waals surface area contributed by atoms with Gasteiger partial charge in [-0.15, -0.1) is 11.3 Å². The van der Waals surface area contributed by atoms with E-state index in [1.54, 1.807) is 57.9 Å². The van der Waals surface area contributed by atoms with Gasteiger partial charge in [0.15, 0.2) is 0 Å². The van der Waals surface area contributed by atoms with E-state index in [1.807, 2.05) is 22.2 Å². The Labute approximate surface area is 151 Å². The molecule has 0 aliphatic carbocycles. The number of ether oxygens (including phenoxy) is 1. The van der Waals surface area contributed by atoms with Crippen molar-refractivity contribution in [1.82, 2.24) is 19.7 Å². The highest BCUT2D eigenvalue weighted by molar-refractivity contribution is 7.14. The van der Waals surface area contributed by atoms with E-state index in [9.17, 15) is 4.79 Å². The van der Waals surface area contributed by atoms with E-state index in [2.05, 4.69) is 15.1 Å². The van der Waals surface area contributed by atoms with Crippen LogP contribution < -0.4 is 0 Å². The third-order valence-electron chi connectivity index (χ3n) is 3.46. The van der Waals surface area contributed by atoms with Crippen molar-refractivity contribution in [3.8, 4) is 16.3 Å². The number of thiophene rings is 1. The van der Waals surface area contributed by atoms with Gasteiger partial charge < -0.3 is 4.74 Å². The van der Waals surface area contributed by atoms with Gasteiger partial charge in [-0.2, -0.15) is 16.4 Å². The summed E-state index contributed by atoms with van der Waals surface area (Å²) in [5.41, 5.74) is 3.15. The van der Waals surface area contributed by atoms with E-state index >= 15 is 0 Å². The fourth-order valence-corrected chi connectivity index (χ4v) is 3.72. The maximum Gasteiger partial charge on any atom is 0.338 e. The third-order valence-corrected chi connectivity index (χ3v) is 5.08. The second kappa shape index (κ2) is 6.96. The molecule has 3 heterocycles. The minimum Gasteiger partial charge on any atom is -0.456 e. The van der Waals surface area contributed by atoms with Crippen molar-refractivity contribution >= 4 is 28.6 Å². The van der Waals surface area contributed by atoms with Crippen molar-refractivity contribution in [3.05, 3.63) is 70.4 Å². The van der Waals surface area contributed by atoms with E-state index in [0.717, 1.165) is 22.0 Å². The molecule has 3 aromatic heterocycles. The molecule has 4 aromatic rings. The first-order chi connectivity index (χ1) is 12.3. The molecule has 0 atom stereocenters. The Kier molecular flexibility index (Phi) is 4.36. The highest BCUT2D eigenvalue weighted by atomic mass is 32.1. The van der Waals surface area contributed by atoms with Gasteiger partial charge in [-0.25, -0.2) is 19.4 Å². The van der Waals surface area contributed by atoms with Gasteiger partial charge in [0, 0.05) is 16.3 Å². The molecule has 0 saturated carbocycles. The van der Waals surface area contributed by atoms with Gasteiger partial charge >= 0.3 is 5.97 Å². The van der Waals surface area contributed by atoms with Gasteiger partial charge in [-0.3, -0.25) is 0 Å². The molecule has 0 N–H and O–H groups in total. The molecule has 1 aromatic carbocycles. The van der Waals surface area contributed by atoms with Crippen LogP contribution in [0.4, 0.5) is 0 Å². The zero-order chi connectivity index (χ0) is 17.1. The number of nitrogens with zero attached hydrogens (tertiary/aromatic N) is 4. The van der Waals surface area contributed by atoms with Gasteiger partial charge in [0.2, 0.25) is 0 Å². The average Bonchev–Trinajstić information content (AvgIpc) is 3.42. The summed E-state index contributed by atoms with van der Waals surface area (Å²) in [5.74, 6) is -0.379. The van der Waals surface area contributed by atoms with Crippen molar-refractivity contribution in [2.75, 3.05) is 0 Å². The molecule has 0 unspecified atom stereocenters. The maximum atomic E-state index is 12.2. The van der Waals surface area contributed by atoms with Gasteiger partial charge in [0.25, 0.3) is 0 Å². The number of carbonyl (C=O) groups is 1. The summed E-state index contributed by atoms with van der Waals surface area (Å²) in [7, 11) is 0. The van der Waals surface area contributed by atoms with Crippen LogP contribution in [0.25, 0.3) is 16.3 Å². The van der Waals surface area contributed by atoms with Crippen molar-refractivity contribution in [2.45, 2.75) is 6.61 Å². The lowest BCUT2D eigenvalue weighted by molar-refractivity contribution is 0.0468. The van der Waals surface area contributed by atoms with Gasteiger partial charge in [0.05, 0.1) is 16.9 Å². The zero-order valence-electron chi connectivity index (χ0n) is 12.9. The van der Waals surface area contributed by atoms with Crippen LogP contribution in [-0.4, -0.2) is 25.7 Å². The number of rotatable bonds is 5. The zero-order valence-corrected chi connectivity index (χ0v) is 14.5. The van der Waals surface area contributed by atoms with Crippen LogP contribution in [0.2, 0.25) is 0 Å². The number of esters is 1. The number of benzene rings is 1. The second-order valence-corrected chi connectivity index (χ2v) is 6.76. The number of hydrogen-bond donors (Lipinski definition) is 0. The van der Waals surface area contributed by atoms with Gasteiger partial charge in [0.1, 0.15) is 24.3 Å². The van der Waals surface area contributed by atoms with Crippen molar-refractivity contribution in [2.24, 2.45) is 0 Å². The van der Waals surface area contributed by atoms with E-state index in [0.29, 0.717) is 5.56 Å². The highest BCUT2D eigenvalue weighted by Gasteiger charge is 2.10. The van der Waals surface area contributed by atoms with Crippen LogP contribution >= 0.6 is 22.7 Å². The Morgan fingerprint density at radius 1 is 1.16 bits per heavy atom. The number of thiazole rings is 1. The van der Waals surface area contributed by atoms with E-state index < -0.39 is 0 Å². The molecule has 0 aliphatic rings. The van der Waals surface area contributed by atoms with Crippen LogP contribution in [-0.2, 0) is 11.3 Å². The van der Waals surface area contributed by atoms with E-state index in [-0.39, 0.29) is 12.6 Å². The summed E-state index contributed by atoms with van der Waals surface area (Å²) < 4.78 is 6.97. The average molecular weight is 368 g/mol. The van der Waals surface area contributed by atoms with Gasteiger partial charge in [-0.1, -0.05) is 0 Å². The summed E-state index contributed by atoms with van der Waals surface area (Å²) in [4.78, 5) is 20.6. The van der Waals surface area contributed by atoms with Crippen LogP contribution in [0.5, 0.6) is 0 Å². The van der Waals surface area contributed by atoms with Crippen molar-refractivity contribution in [3.63, 3.8) is 0 Å². The lowest BCUT2D eigenvalue weighted by Gasteiger charge is -2.04. The van der Waals surface area contributed by atoms with Crippen LogP contribution in [0.15, 0.2) is 59.1 Å². The van der Waals surface area contributed by atoms with E-state index in [1.165, 1.54) is 6.33 Å². The molecule has 0 bridgehead atoms. The smallest absolute Gasteiger partial charge is 0.338 e. The molecule has 0 radical (unpaired) electrons. The van der Waals surface area contributed by atoms with E-state index in [4.69, 9.17) is 4.74 Å². The van der Waals surface area contributed by atoms with Gasteiger partial charge in [-0.05, 0) is 35.7 Å². The number of aromatic nitrogens is 4. The monoisotopic (exact) mass is 368 g/mol. The molecule has 0 saturated heterocycles. The minimum absolute atomic E-state index is 0.157.